The Bertz CT molecular complexity index is 311. The molecule has 0 unspecified atom stereocenters. The van der Waals surface area contributed by atoms with Gasteiger partial charge in [0, 0.05) is 6.54 Å². The molecule has 0 bridgehead atoms. The molecule has 0 heterocycles. The van der Waals surface area contributed by atoms with Crippen LogP contribution in [-0.2, 0) is 10.0 Å². The first-order valence-electron chi connectivity index (χ1n) is 5.89. The lowest BCUT2D eigenvalue weighted by molar-refractivity contribution is 0.109. The highest BCUT2D eigenvalue weighted by Crippen LogP contribution is 2.24. The van der Waals surface area contributed by atoms with Crippen LogP contribution in [0, 0.1) is 5.92 Å². The zero-order valence-electron chi connectivity index (χ0n) is 10.4. The minimum Gasteiger partial charge on any atom is -0.393 e. The number of nitrogens with one attached hydrogen (secondary N) is 1. The Morgan fingerprint density at radius 2 is 1.69 bits per heavy atom. The summed E-state index contributed by atoms with van der Waals surface area (Å²) in [5.41, 5.74) is 0. The van der Waals surface area contributed by atoms with Crippen LogP contribution in [0.25, 0.3) is 0 Å². The zero-order valence-corrected chi connectivity index (χ0v) is 11.2. The van der Waals surface area contributed by atoms with Crippen molar-refractivity contribution in [2.24, 2.45) is 5.92 Å². The molecule has 0 spiro atoms. The van der Waals surface area contributed by atoms with Crippen LogP contribution >= 0.6 is 0 Å². The van der Waals surface area contributed by atoms with Crippen molar-refractivity contribution in [2.75, 3.05) is 6.54 Å². The Morgan fingerprint density at radius 3 is 2.12 bits per heavy atom. The number of sulfonamides is 1. The van der Waals surface area contributed by atoms with Crippen LogP contribution in [0.15, 0.2) is 0 Å². The number of rotatable bonds is 3. The second-order valence-corrected chi connectivity index (χ2v) is 8.16. The summed E-state index contributed by atoms with van der Waals surface area (Å²) in [6.07, 6.45) is 3.22. The van der Waals surface area contributed by atoms with Gasteiger partial charge in [-0.3, -0.25) is 0 Å². The summed E-state index contributed by atoms with van der Waals surface area (Å²) >= 11 is 0. The average Bonchev–Trinajstić information content (AvgIpc) is 2.15. The summed E-state index contributed by atoms with van der Waals surface area (Å²) in [7, 11) is -3.22. The SMILES string of the molecule is CC(C)(C)S(=O)(=O)NCC1CCC(O)CC1. The summed E-state index contributed by atoms with van der Waals surface area (Å²) in [5.74, 6) is 0.375. The highest BCUT2D eigenvalue weighted by molar-refractivity contribution is 7.90. The molecule has 0 saturated heterocycles. The zero-order chi connectivity index (χ0) is 12.4. The largest absolute Gasteiger partial charge is 0.393 e. The molecule has 96 valence electrons. The van der Waals surface area contributed by atoms with Crippen LogP contribution in [0.2, 0.25) is 0 Å². The first kappa shape index (κ1) is 13.9. The first-order valence-corrected chi connectivity index (χ1v) is 7.38. The molecule has 1 saturated carbocycles. The Kier molecular flexibility index (Phi) is 4.37. The Labute approximate surface area is 98.5 Å². The molecule has 0 aromatic rings. The van der Waals surface area contributed by atoms with Crippen molar-refractivity contribution >= 4 is 10.0 Å². The normalized spacial score (nSPS) is 28.0. The third-order valence-corrected chi connectivity index (χ3v) is 5.34. The Hall–Kier alpha value is -0.130. The van der Waals surface area contributed by atoms with Gasteiger partial charge in [-0.25, -0.2) is 13.1 Å². The molecular formula is C11H23NO3S. The maximum absolute atomic E-state index is 11.8. The molecule has 0 atom stereocenters. The number of hydrogen-bond acceptors (Lipinski definition) is 3. The molecule has 0 aromatic carbocycles. The Morgan fingerprint density at radius 1 is 1.19 bits per heavy atom. The molecule has 0 radical (unpaired) electrons. The smallest absolute Gasteiger partial charge is 0.216 e. The predicted octanol–water partition coefficient (Wildman–Crippen LogP) is 1.26. The summed E-state index contributed by atoms with van der Waals surface area (Å²) in [6, 6.07) is 0. The fourth-order valence-corrected chi connectivity index (χ4v) is 2.68. The van der Waals surface area contributed by atoms with Gasteiger partial charge in [0.05, 0.1) is 10.9 Å². The molecule has 1 aliphatic rings. The highest BCUT2D eigenvalue weighted by atomic mass is 32.2. The van der Waals surface area contributed by atoms with E-state index in [4.69, 9.17) is 0 Å². The summed E-state index contributed by atoms with van der Waals surface area (Å²) in [5, 5.41) is 9.35. The van der Waals surface area contributed by atoms with Crippen molar-refractivity contribution in [3.05, 3.63) is 0 Å². The van der Waals surface area contributed by atoms with Gasteiger partial charge in [0.15, 0.2) is 0 Å². The van der Waals surface area contributed by atoms with E-state index in [1.54, 1.807) is 20.8 Å². The van der Waals surface area contributed by atoms with Crippen LogP contribution < -0.4 is 4.72 Å². The van der Waals surface area contributed by atoms with Gasteiger partial charge in [-0.15, -0.1) is 0 Å². The van der Waals surface area contributed by atoms with Gasteiger partial charge >= 0.3 is 0 Å². The van der Waals surface area contributed by atoms with Gasteiger partial charge < -0.3 is 5.11 Å². The van der Waals surface area contributed by atoms with Crippen molar-refractivity contribution in [1.29, 1.82) is 0 Å². The molecule has 4 nitrogen and oxygen atoms in total. The molecule has 5 heteroatoms. The third-order valence-electron chi connectivity index (χ3n) is 3.18. The van der Waals surface area contributed by atoms with Crippen LogP contribution in [0.1, 0.15) is 46.5 Å². The fraction of sp³-hybridized carbons (Fsp3) is 1.00. The summed E-state index contributed by atoms with van der Waals surface area (Å²) in [4.78, 5) is 0. The lowest BCUT2D eigenvalue weighted by atomic mass is 9.88. The van der Waals surface area contributed by atoms with Gasteiger partial charge in [-0.2, -0.15) is 0 Å². The third kappa shape index (κ3) is 3.71. The molecule has 1 aliphatic carbocycles. The summed E-state index contributed by atoms with van der Waals surface area (Å²) in [6.45, 7) is 5.59. The van der Waals surface area contributed by atoms with E-state index in [0.29, 0.717) is 12.5 Å². The molecule has 0 aliphatic heterocycles. The number of aliphatic hydroxyl groups excluding tert-OH is 1. The predicted molar refractivity (Wildman–Crippen MR) is 64.6 cm³/mol. The molecule has 1 fully saturated rings. The van der Waals surface area contributed by atoms with Crippen molar-refractivity contribution in [3.63, 3.8) is 0 Å². The maximum Gasteiger partial charge on any atom is 0.216 e. The van der Waals surface area contributed by atoms with E-state index < -0.39 is 14.8 Å². The first-order chi connectivity index (χ1) is 7.22. The minimum atomic E-state index is -3.22. The fourth-order valence-electron chi connectivity index (χ4n) is 1.79. The molecular weight excluding hydrogens is 226 g/mol. The van der Waals surface area contributed by atoms with Crippen LogP contribution in [0.3, 0.4) is 0 Å². The molecule has 1 rings (SSSR count). The maximum atomic E-state index is 11.8. The summed E-state index contributed by atoms with van der Waals surface area (Å²) < 4.78 is 25.5. The molecule has 16 heavy (non-hydrogen) atoms. The van der Waals surface area contributed by atoms with Crippen molar-refractivity contribution in [1.82, 2.24) is 4.72 Å². The van der Waals surface area contributed by atoms with Gasteiger partial charge in [-0.1, -0.05) is 0 Å². The molecule has 0 aromatic heterocycles. The van der Waals surface area contributed by atoms with E-state index in [2.05, 4.69) is 4.72 Å². The van der Waals surface area contributed by atoms with Gasteiger partial charge in [0.2, 0.25) is 10.0 Å². The second-order valence-electron chi connectivity index (χ2n) is 5.64. The lowest BCUT2D eigenvalue weighted by Gasteiger charge is -2.27. The Balaban J connectivity index is 2.41. The van der Waals surface area contributed by atoms with Crippen molar-refractivity contribution in [2.45, 2.75) is 57.3 Å². The molecule has 0 amide bonds. The van der Waals surface area contributed by atoms with Gasteiger partial charge in [-0.05, 0) is 52.4 Å². The van der Waals surface area contributed by atoms with Crippen LogP contribution in [0.4, 0.5) is 0 Å². The van der Waals surface area contributed by atoms with Crippen molar-refractivity contribution < 1.29 is 13.5 Å². The van der Waals surface area contributed by atoms with E-state index in [1.165, 1.54) is 0 Å². The average molecular weight is 249 g/mol. The van der Waals surface area contributed by atoms with Gasteiger partial charge in [0.25, 0.3) is 0 Å². The standard InChI is InChI=1S/C11H23NO3S/c1-11(2,3)16(14,15)12-8-9-4-6-10(13)7-5-9/h9-10,12-13H,4-8H2,1-3H3. The van der Waals surface area contributed by atoms with Crippen molar-refractivity contribution in [3.8, 4) is 0 Å². The van der Waals surface area contributed by atoms with Crippen LogP contribution in [-0.4, -0.2) is 30.9 Å². The van der Waals surface area contributed by atoms with E-state index in [9.17, 15) is 13.5 Å². The second kappa shape index (κ2) is 5.02. The number of hydrogen-bond donors (Lipinski definition) is 2. The van der Waals surface area contributed by atoms with E-state index in [-0.39, 0.29) is 6.10 Å². The van der Waals surface area contributed by atoms with Crippen LogP contribution in [0.5, 0.6) is 0 Å². The number of aliphatic hydroxyl groups is 1. The minimum absolute atomic E-state index is 0.185. The van der Waals surface area contributed by atoms with E-state index >= 15 is 0 Å². The molecule has 2 N–H and O–H groups in total. The monoisotopic (exact) mass is 249 g/mol. The topological polar surface area (TPSA) is 66.4 Å². The highest BCUT2D eigenvalue weighted by Gasteiger charge is 2.29. The lowest BCUT2D eigenvalue weighted by Crippen LogP contribution is -2.42. The quantitative estimate of drug-likeness (QED) is 0.791. The van der Waals surface area contributed by atoms with Gasteiger partial charge in [0.1, 0.15) is 0 Å². The van der Waals surface area contributed by atoms with E-state index in [1.807, 2.05) is 0 Å². The van der Waals surface area contributed by atoms with E-state index in [0.717, 1.165) is 25.7 Å².